The monoisotopic (exact) mass is 191 g/mol. The summed E-state index contributed by atoms with van der Waals surface area (Å²) in [6.07, 6.45) is 1.66. The van der Waals surface area contributed by atoms with E-state index in [0.29, 0.717) is 5.82 Å². The third-order valence-electron chi connectivity index (χ3n) is 2.45. The molecule has 0 saturated carbocycles. The van der Waals surface area contributed by atoms with Crippen molar-refractivity contribution in [1.29, 1.82) is 0 Å². The second-order valence-corrected chi connectivity index (χ2v) is 3.37. The Morgan fingerprint density at radius 3 is 2.57 bits per heavy atom. The zero-order valence-electron chi connectivity index (χ0n) is 8.53. The molecule has 0 aliphatic carbocycles. The van der Waals surface area contributed by atoms with E-state index >= 15 is 0 Å². The third kappa shape index (κ3) is 1.11. The molecular weight excluding hydrogens is 178 g/mol. The number of nitrogens with two attached hydrogens (primary N) is 1. The van der Waals surface area contributed by atoms with Gasteiger partial charge in [0, 0.05) is 18.2 Å². The van der Waals surface area contributed by atoms with Gasteiger partial charge in [0.15, 0.2) is 0 Å². The molecule has 0 unspecified atom stereocenters. The van der Waals surface area contributed by atoms with Gasteiger partial charge in [-0.05, 0) is 19.9 Å². The van der Waals surface area contributed by atoms with Crippen LogP contribution in [0.2, 0.25) is 0 Å². The molecule has 2 aromatic heterocycles. The third-order valence-corrected chi connectivity index (χ3v) is 2.45. The fourth-order valence-corrected chi connectivity index (χ4v) is 1.53. The quantitative estimate of drug-likeness (QED) is 0.748. The minimum atomic E-state index is 0.695. The molecule has 2 heterocycles. The predicted octanol–water partition coefficient (Wildman–Crippen LogP) is 1.88. The van der Waals surface area contributed by atoms with Crippen LogP contribution in [0.1, 0.15) is 11.3 Å². The van der Waals surface area contributed by atoms with Crippen molar-refractivity contribution in [2.75, 3.05) is 5.73 Å². The van der Waals surface area contributed by atoms with Gasteiger partial charge < -0.3 is 10.2 Å². The number of furan rings is 1. The van der Waals surface area contributed by atoms with Gasteiger partial charge in [-0.15, -0.1) is 0 Å². The smallest absolute Gasteiger partial charge is 0.124 e. The summed E-state index contributed by atoms with van der Waals surface area (Å²) in [7, 11) is 1.83. The highest BCUT2D eigenvalue weighted by atomic mass is 16.3. The molecule has 2 aromatic rings. The molecule has 14 heavy (non-hydrogen) atoms. The molecule has 0 amide bonds. The summed E-state index contributed by atoms with van der Waals surface area (Å²) in [5, 5.41) is 4.34. The van der Waals surface area contributed by atoms with E-state index in [2.05, 4.69) is 5.10 Å². The first-order valence-corrected chi connectivity index (χ1v) is 4.44. The second-order valence-electron chi connectivity index (χ2n) is 3.37. The maximum Gasteiger partial charge on any atom is 0.124 e. The lowest BCUT2D eigenvalue weighted by atomic mass is 10.1. The Morgan fingerprint density at radius 1 is 1.43 bits per heavy atom. The number of hydrogen-bond donors (Lipinski definition) is 1. The van der Waals surface area contributed by atoms with E-state index in [1.54, 1.807) is 10.9 Å². The van der Waals surface area contributed by atoms with Crippen LogP contribution in [0.5, 0.6) is 0 Å². The summed E-state index contributed by atoms with van der Waals surface area (Å²) in [6.45, 7) is 3.88. The average Bonchev–Trinajstić information content (AvgIpc) is 2.66. The molecule has 0 saturated heterocycles. The van der Waals surface area contributed by atoms with Crippen LogP contribution < -0.4 is 5.73 Å². The van der Waals surface area contributed by atoms with Crippen LogP contribution in [-0.4, -0.2) is 9.78 Å². The summed E-state index contributed by atoms with van der Waals surface area (Å²) >= 11 is 0. The Bertz CT molecular complexity index is 468. The molecule has 0 fully saturated rings. The van der Waals surface area contributed by atoms with Gasteiger partial charge >= 0.3 is 0 Å². The van der Waals surface area contributed by atoms with E-state index < -0.39 is 0 Å². The van der Waals surface area contributed by atoms with Gasteiger partial charge in [0.2, 0.25) is 0 Å². The van der Waals surface area contributed by atoms with Crippen LogP contribution in [0, 0.1) is 13.8 Å². The number of aromatic nitrogens is 2. The molecule has 74 valence electrons. The summed E-state index contributed by atoms with van der Waals surface area (Å²) in [4.78, 5) is 0. The minimum Gasteiger partial charge on any atom is -0.469 e. The van der Waals surface area contributed by atoms with E-state index in [1.165, 1.54) is 0 Å². The Labute approximate surface area is 82.3 Å². The fourth-order valence-electron chi connectivity index (χ4n) is 1.53. The van der Waals surface area contributed by atoms with Gasteiger partial charge in [0.1, 0.15) is 17.3 Å². The predicted molar refractivity (Wildman–Crippen MR) is 54.8 cm³/mol. The van der Waals surface area contributed by atoms with Crippen molar-refractivity contribution in [3.8, 4) is 11.3 Å². The summed E-state index contributed by atoms with van der Waals surface area (Å²) < 4.78 is 6.91. The Balaban J connectivity index is 2.63. The van der Waals surface area contributed by atoms with Gasteiger partial charge in [-0.2, -0.15) is 5.10 Å². The van der Waals surface area contributed by atoms with E-state index in [9.17, 15) is 0 Å². The molecule has 0 radical (unpaired) electrons. The molecule has 0 atom stereocenters. The summed E-state index contributed by atoms with van der Waals surface area (Å²) in [5.74, 6) is 1.56. The molecule has 0 aliphatic heterocycles. The van der Waals surface area contributed by atoms with Crippen molar-refractivity contribution in [2.24, 2.45) is 7.05 Å². The first kappa shape index (κ1) is 8.87. The summed E-state index contributed by atoms with van der Waals surface area (Å²) in [5.41, 5.74) is 8.73. The molecule has 4 heteroatoms. The minimum absolute atomic E-state index is 0.695. The zero-order chi connectivity index (χ0) is 10.3. The Morgan fingerprint density at radius 2 is 2.14 bits per heavy atom. The highest BCUT2D eigenvalue weighted by Crippen LogP contribution is 2.28. The van der Waals surface area contributed by atoms with Gasteiger partial charge in [0.25, 0.3) is 0 Å². The number of anilines is 1. The first-order chi connectivity index (χ1) is 6.61. The largest absolute Gasteiger partial charge is 0.469 e. The van der Waals surface area contributed by atoms with Crippen molar-refractivity contribution in [2.45, 2.75) is 13.8 Å². The average molecular weight is 191 g/mol. The molecule has 4 nitrogen and oxygen atoms in total. The Hall–Kier alpha value is -1.71. The molecule has 0 bridgehead atoms. The standard InChI is InChI=1S/C10H13N3O/c1-6-9(12-13(3)10(6)11)8-4-5-14-7(8)2/h4-5H,11H2,1-3H3. The maximum absolute atomic E-state index is 5.83. The number of aryl methyl sites for hydroxylation is 2. The van der Waals surface area contributed by atoms with E-state index in [-0.39, 0.29) is 0 Å². The molecule has 2 rings (SSSR count). The fraction of sp³-hybridized carbons (Fsp3) is 0.300. The van der Waals surface area contributed by atoms with Crippen molar-refractivity contribution < 1.29 is 4.42 Å². The zero-order valence-corrected chi connectivity index (χ0v) is 8.53. The molecule has 0 spiro atoms. The Kier molecular flexibility index (Phi) is 1.84. The number of rotatable bonds is 1. The number of nitrogen functional groups attached to an aromatic ring is 1. The lowest BCUT2D eigenvalue weighted by molar-refractivity contribution is 0.535. The lowest BCUT2D eigenvalue weighted by Gasteiger charge is -1.94. The van der Waals surface area contributed by atoms with Crippen molar-refractivity contribution in [3.63, 3.8) is 0 Å². The topological polar surface area (TPSA) is 57.0 Å². The maximum atomic E-state index is 5.83. The van der Waals surface area contributed by atoms with E-state index in [0.717, 1.165) is 22.6 Å². The highest BCUT2D eigenvalue weighted by molar-refractivity contribution is 5.69. The van der Waals surface area contributed by atoms with E-state index in [4.69, 9.17) is 10.2 Å². The van der Waals surface area contributed by atoms with Crippen LogP contribution >= 0.6 is 0 Å². The normalized spacial score (nSPS) is 10.8. The SMILES string of the molecule is Cc1occc1-c1nn(C)c(N)c1C. The van der Waals surface area contributed by atoms with Crippen molar-refractivity contribution in [1.82, 2.24) is 9.78 Å². The van der Waals surface area contributed by atoms with Gasteiger partial charge in [0.05, 0.1) is 6.26 Å². The van der Waals surface area contributed by atoms with Gasteiger partial charge in [-0.25, -0.2) is 0 Å². The number of hydrogen-bond acceptors (Lipinski definition) is 3. The lowest BCUT2D eigenvalue weighted by Crippen LogP contribution is -1.97. The molecule has 0 aromatic carbocycles. The summed E-state index contributed by atoms with van der Waals surface area (Å²) in [6, 6.07) is 1.91. The molecule has 2 N–H and O–H groups in total. The number of nitrogens with zero attached hydrogens (tertiary/aromatic N) is 2. The van der Waals surface area contributed by atoms with Crippen LogP contribution in [0.3, 0.4) is 0 Å². The second kappa shape index (κ2) is 2.90. The van der Waals surface area contributed by atoms with Crippen LogP contribution in [-0.2, 0) is 7.05 Å². The highest BCUT2D eigenvalue weighted by Gasteiger charge is 2.14. The molecule has 0 aliphatic rings. The van der Waals surface area contributed by atoms with Crippen molar-refractivity contribution in [3.05, 3.63) is 23.7 Å². The van der Waals surface area contributed by atoms with Crippen LogP contribution in [0.15, 0.2) is 16.7 Å². The first-order valence-electron chi connectivity index (χ1n) is 4.44. The van der Waals surface area contributed by atoms with Crippen LogP contribution in [0.25, 0.3) is 11.3 Å². The van der Waals surface area contributed by atoms with Gasteiger partial charge in [-0.1, -0.05) is 0 Å². The van der Waals surface area contributed by atoms with Gasteiger partial charge in [-0.3, -0.25) is 4.68 Å². The van der Waals surface area contributed by atoms with Crippen molar-refractivity contribution >= 4 is 5.82 Å². The van der Waals surface area contributed by atoms with Crippen LogP contribution in [0.4, 0.5) is 5.82 Å². The molecular formula is C10H13N3O. The van der Waals surface area contributed by atoms with E-state index in [1.807, 2.05) is 27.0 Å².